The van der Waals surface area contributed by atoms with Crippen LogP contribution in [0.1, 0.15) is 24.8 Å². The molecule has 1 saturated carbocycles. The average molecular weight is 207 g/mol. The smallest absolute Gasteiger partial charge is 0.0246 e. The highest BCUT2D eigenvalue weighted by Crippen LogP contribution is 2.35. The van der Waals surface area contributed by atoms with Crippen LogP contribution in [0.5, 0.6) is 0 Å². The number of hydrogen-bond acceptors (Lipinski definition) is 2. The molecule has 0 bridgehead atoms. The fourth-order valence-electron chi connectivity index (χ4n) is 1.95. The molecule has 2 N–H and O–H groups in total. The van der Waals surface area contributed by atoms with Gasteiger partial charge in [-0.15, -0.1) is 11.8 Å². The van der Waals surface area contributed by atoms with E-state index in [9.17, 15) is 0 Å². The number of thioether (sulfide) groups is 1. The number of benzene rings is 1. The van der Waals surface area contributed by atoms with Crippen molar-refractivity contribution in [2.24, 2.45) is 5.73 Å². The zero-order chi connectivity index (χ0) is 9.97. The van der Waals surface area contributed by atoms with Crippen molar-refractivity contribution in [2.45, 2.75) is 42.4 Å². The van der Waals surface area contributed by atoms with Crippen molar-refractivity contribution in [3.05, 3.63) is 29.8 Å². The normalized spacial score (nSPS) is 26.7. The first kappa shape index (κ1) is 10.1. The van der Waals surface area contributed by atoms with Gasteiger partial charge in [0.05, 0.1) is 0 Å². The first-order valence-electron chi connectivity index (χ1n) is 5.25. The molecule has 0 spiro atoms. The van der Waals surface area contributed by atoms with Crippen molar-refractivity contribution in [1.29, 1.82) is 0 Å². The van der Waals surface area contributed by atoms with Gasteiger partial charge in [0.1, 0.15) is 0 Å². The molecular weight excluding hydrogens is 190 g/mol. The number of hydrogen-bond donors (Lipinski definition) is 1. The van der Waals surface area contributed by atoms with E-state index in [0.29, 0.717) is 11.3 Å². The van der Waals surface area contributed by atoms with E-state index in [4.69, 9.17) is 5.73 Å². The quantitative estimate of drug-likeness (QED) is 0.807. The summed E-state index contributed by atoms with van der Waals surface area (Å²) in [5.41, 5.74) is 7.43. The first-order valence-corrected chi connectivity index (χ1v) is 6.13. The highest BCUT2D eigenvalue weighted by molar-refractivity contribution is 8.00. The van der Waals surface area contributed by atoms with Crippen molar-refractivity contribution < 1.29 is 0 Å². The molecule has 76 valence electrons. The van der Waals surface area contributed by atoms with Crippen LogP contribution in [0.15, 0.2) is 29.2 Å². The minimum Gasteiger partial charge on any atom is -0.327 e. The zero-order valence-electron chi connectivity index (χ0n) is 8.57. The molecule has 0 aromatic heterocycles. The lowest BCUT2D eigenvalue weighted by Gasteiger charge is -2.15. The predicted octanol–water partition coefficient (Wildman–Crippen LogP) is 2.97. The number of nitrogens with two attached hydrogens (primary N) is 1. The molecule has 1 aromatic carbocycles. The third kappa shape index (κ3) is 2.12. The standard InChI is InChI=1S/C12H17NS/c1-9-5-2-3-7-11(9)14-12-8-4-6-10(12)13/h2-3,5,7,10,12H,4,6,8,13H2,1H3. The lowest BCUT2D eigenvalue weighted by Crippen LogP contribution is -2.26. The summed E-state index contributed by atoms with van der Waals surface area (Å²) in [5.74, 6) is 0. The van der Waals surface area contributed by atoms with Crippen molar-refractivity contribution in [1.82, 2.24) is 0 Å². The summed E-state index contributed by atoms with van der Waals surface area (Å²) in [6.45, 7) is 2.17. The topological polar surface area (TPSA) is 26.0 Å². The molecule has 2 unspecified atom stereocenters. The highest BCUT2D eigenvalue weighted by Gasteiger charge is 2.24. The Hall–Kier alpha value is -0.470. The van der Waals surface area contributed by atoms with Gasteiger partial charge in [-0.2, -0.15) is 0 Å². The fourth-order valence-corrected chi connectivity index (χ4v) is 3.29. The molecule has 2 atom stereocenters. The van der Waals surface area contributed by atoms with Gasteiger partial charge in [0, 0.05) is 16.2 Å². The van der Waals surface area contributed by atoms with Gasteiger partial charge in [0.2, 0.25) is 0 Å². The van der Waals surface area contributed by atoms with Crippen LogP contribution in [0.2, 0.25) is 0 Å². The molecule has 1 fully saturated rings. The summed E-state index contributed by atoms with van der Waals surface area (Å²) < 4.78 is 0. The van der Waals surface area contributed by atoms with E-state index in [0.717, 1.165) is 0 Å². The second-order valence-corrected chi connectivity index (χ2v) is 5.30. The van der Waals surface area contributed by atoms with Gasteiger partial charge in [0.25, 0.3) is 0 Å². The van der Waals surface area contributed by atoms with Gasteiger partial charge in [-0.1, -0.05) is 24.6 Å². The fraction of sp³-hybridized carbons (Fsp3) is 0.500. The number of rotatable bonds is 2. The molecule has 0 amide bonds. The lowest BCUT2D eigenvalue weighted by atomic mass is 10.2. The predicted molar refractivity (Wildman–Crippen MR) is 62.7 cm³/mol. The maximum absolute atomic E-state index is 6.06. The van der Waals surface area contributed by atoms with E-state index in [1.165, 1.54) is 29.7 Å². The Labute approximate surface area is 90.1 Å². The molecule has 1 aliphatic rings. The molecular formula is C12H17NS. The van der Waals surface area contributed by atoms with Crippen LogP contribution in [-0.4, -0.2) is 11.3 Å². The van der Waals surface area contributed by atoms with E-state index >= 15 is 0 Å². The van der Waals surface area contributed by atoms with E-state index in [-0.39, 0.29) is 0 Å². The Balaban J connectivity index is 2.07. The molecule has 1 nitrogen and oxygen atoms in total. The van der Waals surface area contributed by atoms with Crippen LogP contribution < -0.4 is 5.73 Å². The Morgan fingerprint density at radius 3 is 2.71 bits per heavy atom. The molecule has 2 heteroatoms. The van der Waals surface area contributed by atoms with Crippen LogP contribution in [0, 0.1) is 6.92 Å². The van der Waals surface area contributed by atoms with Gasteiger partial charge in [-0.3, -0.25) is 0 Å². The molecule has 0 heterocycles. The summed E-state index contributed by atoms with van der Waals surface area (Å²) >= 11 is 1.96. The third-order valence-electron chi connectivity index (χ3n) is 2.88. The van der Waals surface area contributed by atoms with Gasteiger partial charge in [0.15, 0.2) is 0 Å². The van der Waals surface area contributed by atoms with Crippen molar-refractivity contribution >= 4 is 11.8 Å². The Morgan fingerprint density at radius 2 is 2.07 bits per heavy atom. The van der Waals surface area contributed by atoms with Crippen molar-refractivity contribution in [3.63, 3.8) is 0 Å². The summed E-state index contributed by atoms with van der Waals surface area (Å²) in [4.78, 5) is 1.40. The summed E-state index contributed by atoms with van der Waals surface area (Å²) in [6.07, 6.45) is 3.77. The van der Waals surface area contributed by atoms with Crippen LogP contribution in [-0.2, 0) is 0 Å². The van der Waals surface area contributed by atoms with Gasteiger partial charge < -0.3 is 5.73 Å². The van der Waals surface area contributed by atoms with Crippen LogP contribution in [0.4, 0.5) is 0 Å². The van der Waals surface area contributed by atoms with Crippen LogP contribution >= 0.6 is 11.8 Å². The number of aryl methyl sites for hydroxylation is 1. The Kier molecular flexibility index (Phi) is 3.14. The second-order valence-electron chi connectivity index (χ2n) is 4.02. The summed E-state index contributed by atoms with van der Waals surface area (Å²) in [6, 6.07) is 8.97. The van der Waals surface area contributed by atoms with Gasteiger partial charge in [-0.25, -0.2) is 0 Å². The summed E-state index contributed by atoms with van der Waals surface area (Å²) in [7, 11) is 0. The van der Waals surface area contributed by atoms with Gasteiger partial charge >= 0.3 is 0 Å². The van der Waals surface area contributed by atoms with E-state index < -0.39 is 0 Å². The van der Waals surface area contributed by atoms with E-state index in [1.54, 1.807) is 0 Å². The SMILES string of the molecule is Cc1ccccc1SC1CCCC1N. The van der Waals surface area contributed by atoms with Crippen molar-refractivity contribution in [2.75, 3.05) is 0 Å². The molecule has 0 radical (unpaired) electrons. The maximum atomic E-state index is 6.06. The second kappa shape index (κ2) is 4.37. The molecule has 1 aliphatic carbocycles. The largest absolute Gasteiger partial charge is 0.327 e. The lowest BCUT2D eigenvalue weighted by molar-refractivity contribution is 0.716. The molecule has 0 aliphatic heterocycles. The highest BCUT2D eigenvalue weighted by atomic mass is 32.2. The Morgan fingerprint density at radius 1 is 1.29 bits per heavy atom. The minimum atomic E-state index is 0.402. The van der Waals surface area contributed by atoms with E-state index in [1.807, 2.05) is 11.8 Å². The third-order valence-corrected chi connectivity index (χ3v) is 4.48. The molecule has 0 saturated heterocycles. The van der Waals surface area contributed by atoms with Gasteiger partial charge in [-0.05, 0) is 31.4 Å². The van der Waals surface area contributed by atoms with E-state index in [2.05, 4.69) is 31.2 Å². The molecule has 2 rings (SSSR count). The Bertz CT molecular complexity index is 311. The molecule has 14 heavy (non-hydrogen) atoms. The van der Waals surface area contributed by atoms with Crippen LogP contribution in [0.25, 0.3) is 0 Å². The monoisotopic (exact) mass is 207 g/mol. The summed E-state index contributed by atoms with van der Waals surface area (Å²) in [5, 5.41) is 0.635. The van der Waals surface area contributed by atoms with Crippen LogP contribution in [0.3, 0.4) is 0 Å². The average Bonchev–Trinajstić information content (AvgIpc) is 2.56. The molecule has 1 aromatic rings. The van der Waals surface area contributed by atoms with Crippen molar-refractivity contribution in [3.8, 4) is 0 Å². The zero-order valence-corrected chi connectivity index (χ0v) is 9.39. The first-order chi connectivity index (χ1) is 6.77. The minimum absolute atomic E-state index is 0.402. The maximum Gasteiger partial charge on any atom is 0.0246 e.